The number of hydrogen-bond donors (Lipinski definition) is 1. The first-order valence-corrected chi connectivity index (χ1v) is 14.4. The first kappa shape index (κ1) is 23.9. The minimum atomic E-state index is -4.08. The SMILES string of the molecule is O=C(Nc1c(S(=O)(=O)c2ccccc2)c2nc3ccccc3nc2n1C1CCCCC1)c1ccc(Br)o1. The van der Waals surface area contributed by atoms with Crippen LogP contribution < -0.4 is 5.32 Å². The van der Waals surface area contributed by atoms with E-state index in [1.54, 1.807) is 42.5 Å². The molecule has 188 valence electrons. The van der Waals surface area contributed by atoms with Gasteiger partial charge in [0.05, 0.1) is 15.9 Å². The first-order chi connectivity index (χ1) is 17.9. The number of sulfone groups is 1. The second-order valence-electron chi connectivity index (χ2n) is 9.10. The van der Waals surface area contributed by atoms with E-state index in [4.69, 9.17) is 14.4 Å². The van der Waals surface area contributed by atoms with Crippen LogP contribution in [0.2, 0.25) is 0 Å². The van der Waals surface area contributed by atoms with Gasteiger partial charge in [-0.15, -0.1) is 0 Å². The summed E-state index contributed by atoms with van der Waals surface area (Å²) in [7, 11) is -4.08. The van der Waals surface area contributed by atoms with Crippen molar-refractivity contribution in [3.63, 3.8) is 0 Å². The molecule has 5 aromatic rings. The van der Waals surface area contributed by atoms with Crippen LogP contribution in [-0.4, -0.2) is 28.9 Å². The van der Waals surface area contributed by atoms with E-state index >= 15 is 0 Å². The lowest BCUT2D eigenvalue weighted by atomic mass is 9.95. The van der Waals surface area contributed by atoms with Crippen molar-refractivity contribution >= 4 is 59.7 Å². The molecule has 2 aromatic carbocycles. The fourth-order valence-electron chi connectivity index (χ4n) is 5.03. The average molecular weight is 579 g/mol. The van der Waals surface area contributed by atoms with Crippen LogP contribution in [0.4, 0.5) is 5.82 Å². The average Bonchev–Trinajstić information content (AvgIpc) is 3.49. The van der Waals surface area contributed by atoms with Gasteiger partial charge in [0.1, 0.15) is 16.2 Å². The van der Waals surface area contributed by atoms with Gasteiger partial charge in [-0.05, 0) is 65.2 Å². The van der Waals surface area contributed by atoms with Crippen LogP contribution >= 0.6 is 15.9 Å². The van der Waals surface area contributed by atoms with Gasteiger partial charge in [0.25, 0.3) is 5.91 Å². The lowest BCUT2D eigenvalue weighted by molar-refractivity contribution is 0.0994. The van der Waals surface area contributed by atoms with Crippen molar-refractivity contribution in [1.82, 2.24) is 14.5 Å². The first-order valence-electron chi connectivity index (χ1n) is 12.1. The summed E-state index contributed by atoms with van der Waals surface area (Å²) in [5, 5.41) is 2.88. The molecule has 0 spiro atoms. The zero-order valence-corrected chi connectivity index (χ0v) is 22.1. The molecule has 6 rings (SSSR count). The summed E-state index contributed by atoms with van der Waals surface area (Å²) < 4.78 is 36.1. The van der Waals surface area contributed by atoms with Gasteiger partial charge < -0.3 is 14.3 Å². The second kappa shape index (κ2) is 9.42. The Kier molecular flexibility index (Phi) is 6.08. The number of carbonyl (C=O) groups is 1. The number of anilines is 1. The normalized spacial score (nSPS) is 14.8. The van der Waals surface area contributed by atoms with Crippen molar-refractivity contribution in [2.45, 2.75) is 47.9 Å². The summed E-state index contributed by atoms with van der Waals surface area (Å²) >= 11 is 3.22. The molecule has 1 aliphatic carbocycles. The third-order valence-corrected chi connectivity index (χ3v) is 8.99. The molecule has 1 fully saturated rings. The Balaban J connectivity index is 1.68. The molecule has 0 bridgehead atoms. The highest BCUT2D eigenvalue weighted by atomic mass is 79.9. The molecule has 8 nitrogen and oxygen atoms in total. The standard InChI is InChI=1S/C27H23BrN4O4S/c28-22-16-15-21(36-22)27(33)31-26-24(37(34,35)18-11-5-2-6-12-18)23-25(32(26)17-9-3-1-4-10-17)30-20-14-8-7-13-19(20)29-23/h2,5-8,11-17H,1,3-4,9-10H2,(H,31,33). The van der Waals surface area contributed by atoms with Gasteiger partial charge in [-0.1, -0.05) is 49.6 Å². The summed E-state index contributed by atoms with van der Waals surface area (Å²) in [6.45, 7) is 0. The van der Waals surface area contributed by atoms with E-state index in [0.29, 0.717) is 21.4 Å². The highest BCUT2D eigenvalue weighted by Gasteiger charge is 2.35. The van der Waals surface area contributed by atoms with Crippen LogP contribution in [0.3, 0.4) is 0 Å². The molecule has 1 amide bonds. The Morgan fingerprint density at radius 3 is 2.27 bits per heavy atom. The molecule has 37 heavy (non-hydrogen) atoms. The smallest absolute Gasteiger partial charge is 0.292 e. The minimum Gasteiger partial charge on any atom is -0.444 e. The monoisotopic (exact) mass is 578 g/mol. The van der Waals surface area contributed by atoms with Crippen molar-refractivity contribution < 1.29 is 17.6 Å². The number of carbonyl (C=O) groups excluding carboxylic acids is 1. The molecule has 0 atom stereocenters. The zero-order valence-electron chi connectivity index (χ0n) is 19.7. The van der Waals surface area contributed by atoms with Crippen LogP contribution in [0.25, 0.3) is 22.2 Å². The van der Waals surface area contributed by atoms with Gasteiger partial charge in [0.2, 0.25) is 9.84 Å². The largest absolute Gasteiger partial charge is 0.444 e. The number of fused-ring (bicyclic) bond motifs is 2. The lowest BCUT2D eigenvalue weighted by Crippen LogP contribution is -2.21. The van der Waals surface area contributed by atoms with Gasteiger partial charge in [0.15, 0.2) is 16.1 Å². The van der Waals surface area contributed by atoms with E-state index in [2.05, 4.69) is 21.2 Å². The minimum absolute atomic E-state index is 0.0370. The number of rotatable bonds is 5. The molecule has 0 aliphatic heterocycles. The number of halogens is 1. The molecule has 3 heterocycles. The van der Waals surface area contributed by atoms with E-state index in [-0.39, 0.29) is 32.9 Å². The number of benzene rings is 2. The zero-order chi connectivity index (χ0) is 25.6. The van der Waals surface area contributed by atoms with Crippen LogP contribution in [-0.2, 0) is 9.84 Å². The lowest BCUT2D eigenvalue weighted by Gasteiger charge is -2.26. The summed E-state index contributed by atoms with van der Waals surface area (Å²) in [5.74, 6) is -0.334. The maximum Gasteiger partial charge on any atom is 0.292 e. The molecule has 1 N–H and O–H groups in total. The quantitative estimate of drug-likeness (QED) is 0.254. The fourth-order valence-corrected chi connectivity index (χ4v) is 6.88. The van der Waals surface area contributed by atoms with E-state index < -0.39 is 15.7 Å². The number of nitrogens with zero attached hydrogens (tertiary/aromatic N) is 3. The molecule has 3 aromatic heterocycles. The highest BCUT2D eigenvalue weighted by Crippen LogP contribution is 2.42. The fraction of sp³-hybridized carbons (Fsp3) is 0.222. The predicted octanol–water partition coefficient (Wildman–Crippen LogP) is 6.53. The molecule has 0 radical (unpaired) electrons. The Hall–Kier alpha value is -3.50. The number of para-hydroxylation sites is 2. The summed E-state index contributed by atoms with van der Waals surface area (Å²) in [5.41, 5.74) is 1.91. The van der Waals surface area contributed by atoms with Gasteiger partial charge >= 0.3 is 0 Å². The van der Waals surface area contributed by atoms with Crippen LogP contribution in [0.15, 0.2) is 85.6 Å². The second-order valence-corrected chi connectivity index (χ2v) is 11.8. The summed E-state index contributed by atoms with van der Waals surface area (Å²) in [6.07, 6.45) is 4.81. The molecule has 0 saturated heterocycles. The van der Waals surface area contributed by atoms with Crippen LogP contribution in [0.1, 0.15) is 48.7 Å². The van der Waals surface area contributed by atoms with Crippen molar-refractivity contribution in [2.24, 2.45) is 0 Å². The number of aromatic nitrogens is 3. The molecular weight excluding hydrogens is 556 g/mol. The van der Waals surface area contributed by atoms with Crippen molar-refractivity contribution in [3.05, 3.63) is 77.2 Å². The van der Waals surface area contributed by atoms with E-state index in [1.165, 1.54) is 6.07 Å². The highest BCUT2D eigenvalue weighted by molar-refractivity contribution is 9.10. The predicted molar refractivity (Wildman–Crippen MR) is 143 cm³/mol. The van der Waals surface area contributed by atoms with Crippen LogP contribution in [0.5, 0.6) is 0 Å². The summed E-state index contributed by atoms with van der Waals surface area (Å²) in [6, 6.07) is 18.7. The van der Waals surface area contributed by atoms with E-state index in [1.807, 2.05) is 22.8 Å². The van der Waals surface area contributed by atoms with E-state index in [0.717, 1.165) is 32.1 Å². The van der Waals surface area contributed by atoms with Crippen molar-refractivity contribution in [3.8, 4) is 0 Å². The number of hydrogen-bond acceptors (Lipinski definition) is 6. The number of nitrogens with one attached hydrogen (secondary N) is 1. The third-order valence-electron chi connectivity index (χ3n) is 6.74. The van der Waals surface area contributed by atoms with Crippen molar-refractivity contribution in [1.29, 1.82) is 0 Å². The Morgan fingerprint density at radius 2 is 1.59 bits per heavy atom. The van der Waals surface area contributed by atoms with Gasteiger partial charge in [-0.3, -0.25) is 4.79 Å². The third kappa shape index (κ3) is 4.23. The Labute approximate surface area is 221 Å². The maximum absolute atomic E-state index is 14.2. The summed E-state index contributed by atoms with van der Waals surface area (Å²) in [4.78, 5) is 23.0. The molecular formula is C27H23BrN4O4S. The number of furan rings is 1. The molecule has 0 unspecified atom stereocenters. The van der Waals surface area contributed by atoms with Gasteiger partial charge in [0, 0.05) is 6.04 Å². The molecule has 10 heteroatoms. The Bertz CT molecular complexity index is 1740. The number of amides is 1. The van der Waals surface area contributed by atoms with E-state index in [9.17, 15) is 13.2 Å². The molecule has 1 aliphatic rings. The van der Waals surface area contributed by atoms with Gasteiger partial charge in [-0.2, -0.15) is 0 Å². The van der Waals surface area contributed by atoms with Crippen LogP contribution in [0, 0.1) is 0 Å². The van der Waals surface area contributed by atoms with Gasteiger partial charge in [-0.25, -0.2) is 18.4 Å². The maximum atomic E-state index is 14.2. The topological polar surface area (TPSA) is 107 Å². The van der Waals surface area contributed by atoms with Crippen molar-refractivity contribution in [2.75, 3.05) is 5.32 Å². The Morgan fingerprint density at radius 1 is 0.919 bits per heavy atom. The molecule has 1 saturated carbocycles.